The quantitative estimate of drug-likeness (QED) is 0.633. The Morgan fingerprint density at radius 1 is 1.10 bits per heavy atom. The first-order chi connectivity index (χ1) is 14.7. The number of amides is 1. The van der Waals surface area contributed by atoms with Gasteiger partial charge in [-0.25, -0.2) is 4.98 Å². The van der Waals surface area contributed by atoms with Crippen molar-refractivity contribution < 1.29 is 9.53 Å². The van der Waals surface area contributed by atoms with Gasteiger partial charge in [-0.2, -0.15) is 0 Å². The van der Waals surface area contributed by atoms with Crippen LogP contribution in [0.4, 0.5) is 0 Å². The molecule has 0 unspecified atom stereocenters. The third-order valence-electron chi connectivity index (χ3n) is 6.86. The van der Waals surface area contributed by atoms with Crippen LogP contribution >= 0.6 is 11.3 Å². The number of methoxy groups -OCH3 is 1. The van der Waals surface area contributed by atoms with E-state index in [4.69, 9.17) is 9.72 Å². The molecule has 2 aromatic rings. The van der Waals surface area contributed by atoms with Crippen LogP contribution in [0.3, 0.4) is 0 Å². The molecule has 3 fully saturated rings. The average molecular weight is 426 g/mol. The molecule has 1 amide bonds. The van der Waals surface area contributed by atoms with Gasteiger partial charge in [0.2, 0.25) is 5.91 Å². The van der Waals surface area contributed by atoms with Crippen LogP contribution in [0.15, 0.2) is 29.6 Å². The molecule has 0 spiro atoms. The number of carbonyl (C=O) groups is 1. The number of ether oxygens (including phenoxy) is 1. The zero-order chi connectivity index (χ0) is 20.5. The van der Waals surface area contributed by atoms with Crippen LogP contribution in [0.25, 0.3) is 10.6 Å². The Morgan fingerprint density at radius 3 is 2.37 bits per heavy atom. The molecule has 0 bridgehead atoms. The summed E-state index contributed by atoms with van der Waals surface area (Å²) in [5.74, 6) is 3.65. The molecule has 0 atom stereocenters. The first-order valence-electron chi connectivity index (χ1n) is 11.3. The van der Waals surface area contributed by atoms with Gasteiger partial charge in [-0.05, 0) is 67.7 Å². The van der Waals surface area contributed by atoms with Crippen molar-refractivity contribution in [2.45, 2.75) is 38.6 Å². The smallest absolute Gasteiger partial charge is 0.222 e. The van der Waals surface area contributed by atoms with Gasteiger partial charge in [0.05, 0.1) is 12.8 Å². The maximum Gasteiger partial charge on any atom is 0.222 e. The molecule has 30 heavy (non-hydrogen) atoms. The van der Waals surface area contributed by atoms with Gasteiger partial charge in [0.1, 0.15) is 10.8 Å². The topological polar surface area (TPSA) is 45.7 Å². The molecule has 0 radical (unpaired) electrons. The van der Waals surface area contributed by atoms with Gasteiger partial charge in [0.15, 0.2) is 0 Å². The average Bonchev–Trinajstić information content (AvgIpc) is 3.71. The van der Waals surface area contributed by atoms with E-state index >= 15 is 0 Å². The van der Waals surface area contributed by atoms with Crippen molar-refractivity contribution in [3.8, 4) is 16.3 Å². The molecule has 6 heteroatoms. The fraction of sp³-hybridized carbons (Fsp3) is 0.583. The summed E-state index contributed by atoms with van der Waals surface area (Å²) < 4.78 is 5.23. The normalized spacial score (nSPS) is 20.0. The highest BCUT2D eigenvalue weighted by Gasteiger charge is 2.42. The monoisotopic (exact) mass is 425 g/mol. The van der Waals surface area contributed by atoms with Crippen molar-refractivity contribution in [3.05, 3.63) is 35.3 Å². The Kier molecular flexibility index (Phi) is 5.79. The second kappa shape index (κ2) is 8.67. The highest BCUT2D eigenvalue weighted by atomic mass is 32.1. The Labute approximate surface area is 183 Å². The van der Waals surface area contributed by atoms with Crippen LogP contribution in [-0.4, -0.2) is 54.0 Å². The second-order valence-corrected chi connectivity index (χ2v) is 9.93. The maximum atomic E-state index is 12.8. The highest BCUT2D eigenvalue weighted by Crippen LogP contribution is 2.50. The summed E-state index contributed by atoms with van der Waals surface area (Å²) in [5.41, 5.74) is 2.25. The van der Waals surface area contributed by atoms with Crippen LogP contribution in [0.1, 0.15) is 37.8 Å². The minimum absolute atomic E-state index is 0.397. The number of rotatable bonds is 8. The summed E-state index contributed by atoms with van der Waals surface area (Å²) in [4.78, 5) is 22.2. The minimum atomic E-state index is 0.397. The number of aromatic nitrogens is 1. The number of hydrogen-bond acceptors (Lipinski definition) is 5. The summed E-state index contributed by atoms with van der Waals surface area (Å²) in [6.45, 7) is 4.46. The molecular weight excluding hydrogens is 394 g/mol. The number of hydrogen-bond donors (Lipinski definition) is 0. The zero-order valence-corrected chi connectivity index (χ0v) is 18.6. The molecule has 2 aliphatic carbocycles. The summed E-state index contributed by atoms with van der Waals surface area (Å²) in [7, 11) is 1.68. The van der Waals surface area contributed by atoms with E-state index in [0.717, 1.165) is 73.0 Å². The van der Waals surface area contributed by atoms with E-state index in [1.54, 1.807) is 18.4 Å². The van der Waals surface area contributed by atoms with Gasteiger partial charge in [-0.15, -0.1) is 11.3 Å². The molecule has 2 heterocycles. The second-order valence-electron chi connectivity index (χ2n) is 9.07. The SMILES string of the molecule is COc1ccc(-c2nc(CN3CCN(C(=O)CC(C4CC4)C4CC4)CC3)cs2)cc1. The van der Waals surface area contributed by atoms with Crippen LogP contribution in [0.5, 0.6) is 5.75 Å². The maximum absolute atomic E-state index is 12.8. The Hall–Kier alpha value is -1.92. The van der Waals surface area contributed by atoms with Crippen molar-refractivity contribution in [1.82, 2.24) is 14.8 Å². The van der Waals surface area contributed by atoms with Crippen LogP contribution in [-0.2, 0) is 11.3 Å². The molecule has 1 saturated heterocycles. The zero-order valence-electron chi connectivity index (χ0n) is 17.8. The number of piperazine rings is 1. The van der Waals surface area contributed by atoms with E-state index in [9.17, 15) is 4.79 Å². The number of benzene rings is 1. The third-order valence-corrected chi connectivity index (χ3v) is 7.80. The number of thiazole rings is 1. The lowest BCUT2D eigenvalue weighted by molar-refractivity contribution is -0.134. The molecular formula is C24H31N3O2S. The predicted molar refractivity (Wildman–Crippen MR) is 120 cm³/mol. The van der Waals surface area contributed by atoms with Gasteiger partial charge >= 0.3 is 0 Å². The molecule has 5 nitrogen and oxygen atoms in total. The first-order valence-corrected chi connectivity index (χ1v) is 12.2. The molecule has 0 N–H and O–H groups in total. The predicted octanol–water partition coefficient (Wildman–Crippen LogP) is 4.29. The highest BCUT2D eigenvalue weighted by molar-refractivity contribution is 7.13. The van der Waals surface area contributed by atoms with E-state index in [-0.39, 0.29) is 0 Å². The van der Waals surface area contributed by atoms with Crippen LogP contribution in [0, 0.1) is 17.8 Å². The molecule has 3 aliphatic rings. The molecule has 2 saturated carbocycles. The standard InChI is InChI=1S/C24H31N3O2S/c1-29-21-8-6-19(7-9-21)24-25-20(16-30-24)15-26-10-12-27(13-11-26)23(28)14-22(17-2-3-17)18-4-5-18/h6-9,16-18,22H,2-5,10-15H2,1H3. The summed E-state index contributed by atoms with van der Waals surface area (Å²) >= 11 is 1.69. The van der Waals surface area contributed by atoms with Crippen molar-refractivity contribution in [3.63, 3.8) is 0 Å². The minimum Gasteiger partial charge on any atom is -0.497 e. The van der Waals surface area contributed by atoms with E-state index in [2.05, 4.69) is 27.3 Å². The molecule has 1 aromatic carbocycles. The van der Waals surface area contributed by atoms with Crippen molar-refractivity contribution in [2.75, 3.05) is 33.3 Å². The van der Waals surface area contributed by atoms with Crippen LogP contribution < -0.4 is 4.74 Å². The Morgan fingerprint density at radius 2 is 1.77 bits per heavy atom. The third kappa shape index (κ3) is 4.70. The van der Waals surface area contributed by atoms with E-state index in [0.29, 0.717) is 11.8 Å². The molecule has 5 rings (SSSR count). The lowest BCUT2D eigenvalue weighted by Gasteiger charge is -2.35. The lowest BCUT2D eigenvalue weighted by Crippen LogP contribution is -2.48. The largest absolute Gasteiger partial charge is 0.497 e. The van der Waals surface area contributed by atoms with Gasteiger partial charge in [-0.3, -0.25) is 9.69 Å². The molecule has 160 valence electrons. The van der Waals surface area contributed by atoms with Crippen LogP contribution in [0.2, 0.25) is 0 Å². The summed E-state index contributed by atoms with van der Waals surface area (Å²) in [6.07, 6.45) is 6.22. The lowest BCUT2D eigenvalue weighted by atomic mass is 9.93. The fourth-order valence-electron chi connectivity index (χ4n) is 4.73. The van der Waals surface area contributed by atoms with Gasteiger partial charge in [0.25, 0.3) is 0 Å². The van der Waals surface area contributed by atoms with E-state index in [1.165, 1.54) is 25.7 Å². The number of carbonyl (C=O) groups excluding carboxylic acids is 1. The Bertz CT molecular complexity index is 853. The number of nitrogens with zero attached hydrogens (tertiary/aromatic N) is 3. The van der Waals surface area contributed by atoms with E-state index in [1.807, 2.05) is 12.1 Å². The fourth-order valence-corrected chi connectivity index (χ4v) is 5.55. The molecule has 1 aliphatic heterocycles. The van der Waals surface area contributed by atoms with Gasteiger partial charge in [0, 0.05) is 50.1 Å². The van der Waals surface area contributed by atoms with Crippen molar-refractivity contribution in [1.29, 1.82) is 0 Å². The van der Waals surface area contributed by atoms with Crippen molar-refractivity contribution in [2.24, 2.45) is 17.8 Å². The van der Waals surface area contributed by atoms with Crippen molar-refractivity contribution >= 4 is 17.2 Å². The van der Waals surface area contributed by atoms with E-state index < -0.39 is 0 Å². The molecule has 1 aromatic heterocycles. The summed E-state index contributed by atoms with van der Waals surface area (Å²) in [5, 5.41) is 3.21. The first kappa shape index (κ1) is 20.0. The van der Waals surface area contributed by atoms with Gasteiger partial charge < -0.3 is 9.64 Å². The van der Waals surface area contributed by atoms with Gasteiger partial charge in [-0.1, -0.05) is 0 Å². The Balaban J connectivity index is 1.11. The summed E-state index contributed by atoms with van der Waals surface area (Å²) in [6, 6.07) is 8.07.